The summed E-state index contributed by atoms with van der Waals surface area (Å²) in [6.45, 7) is 2.42. The van der Waals surface area contributed by atoms with Gasteiger partial charge in [0.2, 0.25) is 0 Å². The smallest absolute Gasteiger partial charge is 0.410 e. The van der Waals surface area contributed by atoms with E-state index in [1.165, 1.54) is 11.3 Å². The number of thiazole rings is 1. The summed E-state index contributed by atoms with van der Waals surface area (Å²) < 4.78 is 7.31. The number of hydrogen-bond donors (Lipinski definition) is 1. The number of ether oxygens (including phenoxy) is 1. The molecule has 1 fully saturated rings. The lowest BCUT2D eigenvalue weighted by Gasteiger charge is -2.30. The molecule has 0 saturated carbocycles. The van der Waals surface area contributed by atoms with Crippen molar-refractivity contribution in [3.05, 3.63) is 68.6 Å². The van der Waals surface area contributed by atoms with Crippen LogP contribution in [0.2, 0.25) is 10.0 Å². The van der Waals surface area contributed by atoms with E-state index in [9.17, 15) is 9.59 Å². The van der Waals surface area contributed by atoms with Gasteiger partial charge in [0.15, 0.2) is 0 Å². The average Bonchev–Trinajstić information content (AvgIpc) is 3.49. The Morgan fingerprint density at radius 3 is 2.64 bits per heavy atom. The average molecular weight is 508 g/mol. The molecule has 1 aliphatic rings. The SMILES string of the molecule is O=C(NCCn1ccnc1)c1csc(C2CCN(C(=O)OCc3cc(Cl)cc(Cl)c3)CC2)n1. The highest BCUT2D eigenvalue weighted by Crippen LogP contribution is 2.30. The van der Waals surface area contributed by atoms with Gasteiger partial charge in [0.25, 0.3) is 5.91 Å². The molecule has 8 nitrogen and oxygen atoms in total. The fourth-order valence-electron chi connectivity index (χ4n) is 3.63. The Morgan fingerprint density at radius 1 is 1.18 bits per heavy atom. The molecule has 0 spiro atoms. The third-order valence-corrected chi connectivity index (χ3v) is 6.80. The molecule has 1 saturated heterocycles. The Kier molecular flexibility index (Phi) is 7.85. The van der Waals surface area contributed by atoms with Gasteiger partial charge in [-0.3, -0.25) is 4.79 Å². The molecule has 2 amide bonds. The molecule has 0 bridgehead atoms. The summed E-state index contributed by atoms with van der Waals surface area (Å²) in [5.41, 5.74) is 1.18. The first-order valence-corrected chi connectivity index (χ1v) is 12.2. The summed E-state index contributed by atoms with van der Waals surface area (Å²) in [4.78, 5) is 35.0. The van der Waals surface area contributed by atoms with Gasteiger partial charge in [-0.2, -0.15) is 0 Å². The summed E-state index contributed by atoms with van der Waals surface area (Å²) in [5.74, 6) is 0.0398. The molecule has 11 heteroatoms. The van der Waals surface area contributed by atoms with E-state index >= 15 is 0 Å². The summed E-state index contributed by atoms with van der Waals surface area (Å²) in [5, 5.41) is 6.61. The van der Waals surface area contributed by atoms with E-state index in [-0.39, 0.29) is 24.5 Å². The van der Waals surface area contributed by atoms with Gasteiger partial charge in [0, 0.05) is 59.9 Å². The number of aromatic nitrogens is 3. The van der Waals surface area contributed by atoms with Crippen molar-refractivity contribution in [2.24, 2.45) is 0 Å². The number of rotatable bonds is 7. The van der Waals surface area contributed by atoms with Gasteiger partial charge < -0.3 is 19.5 Å². The van der Waals surface area contributed by atoms with E-state index < -0.39 is 0 Å². The second-order valence-corrected chi connectivity index (χ2v) is 9.48. The van der Waals surface area contributed by atoms with Crippen LogP contribution in [0.4, 0.5) is 4.79 Å². The fraction of sp³-hybridized carbons (Fsp3) is 0.364. The van der Waals surface area contributed by atoms with Gasteiger partial charge in [-0.05, 0) is 36.6 Å². The van der Waals surface area contributed by atoms with Crippen molar-refractivity contribution in [3.63, 3.8) is 0 Å². The molecule has 2 aromatic heterocycles. The minimum Gasteiger partial charge on any atom is -0.445 e. The quantitative estimate of drug-likeness (QED) is 0.504. The third kappa shape index (κ3) is 6.46. The molecule has 0 aliphatic carbocycles. The number of imidazole rings is 1. The monoisotopic (exact) mass is 507 g/mol. The van der Waals surface area contributed by atoms with E-state index in [2.05, 4.69) is 15.3 Å². The van der Waals surface area contributed by atoms with E-state index in [0.29, 0.717) is 41.9 Å². The van der Waals surface area contributed by atoms with Crippen molar-refractivity contribution >= 4 is 46.5 Å². The molecule has 1 aromatic carbocycles. The highest BCUT2D eigenvalue weighted by Gasteiger charge is 2.27. The number of nitrogens with zero attached hydrogens (tertiary/aromatic N) is 4. The number of piperidine rings is 1. The topological polar surface area (TPSA) is 89.4 Å². The number of carbonyl (C=O) groups is 2. The number of carbonyl (C=O) groups excluding carboxylic acids is 2. The molecule has 33 heavy (non-hydrogen) atoms. The Bertz CT molecular complexity index is 1080. The van der Waals surface area contributed by atoms with Crippen LogP contribution in [-0.2, 0) is 17.9 Å². The van der Waals surface area contributed by atoms with Crippen LogP contribution in [0, 0.1) is 0 Å². The highest BCUT2D eigenvalue weighted by atomic mass is 35.5. The van der Waals surface area contributed by atoms with Crippen LogP contribution in [0.25, 0.3) is 0 Å². The van der Waals surface area contributed by atoms with Gasteiger partial charge in [0.05, 0.1) is 11.3 Å². The summed E-state index contributed by atoms with van der Waals surface area (Å²) in [6.07, 6.45) is 6.45. The van der Waals surface area contributed by atoms with Crippen LogP contribution in [0.3, 0.4) is 0 Å². The zero-order valence-electron chi connectivity index (χ0n) is 17.7. The molecular formula is C22H23Cl2N5O3S. The van der Waals surface area contributed by atoms with E-state index in [1.54, 1.807) is 41.0 Å². The highest BCUT2D eigenvalue weighted by molar-refractivity contribution is 7.09. The van der Waals surface area contributed by atoms with Gasteiger partial charge >= 0.3 is 6.09 Å². The maximum Gasteiger partial charge on any atom is 0.410 e. The van der Waals surface area contributed by atoms with Gasteiger partial charge in [-0.15, -0.1) is 11.3 Å². The lowest BCUT2D eigenvalue weighted by molar-refractivity contribution is 0.0870. The Labute approximate surface area is 205 Å². The van der Waals surface area contributed by atoms with Gasteiger partial charge in [-0.25, -0.2) is 14.8 Å². The zero-order chi connectivity index (χ0) is 23.2. The molecule has 0 atom stereocenters. The molecule has 0 unspecified atom stereocenters. The minimum atomic E-state index is -0.360. The predicted molar refractivity (Wildman–Crippen MR) is 127 cm³/mol. The minimum absolute atomic E-state index is 0.116. The number of halogens is 2. The molecule has 3 aromatic rings. The molecular weight excluding hydrogens is 485 g/mol. The second-order valence-electron chi connectivity index (χ2n) is 7.72. The van der Waals surface area contributed by atoms with Crippen LogP contribution in [0.15, 0.2) is 42.3 Å². The summed E-state index contributed by atoms with van der Waals surface area (Å²) in [6, 6.07) is 5.08. The van der Waals surface area contributed by atoms with Crippen molar-refractivity contribution in [2.75, 3.05) is 19.6 Å². The number of likely N-dealkylation sites (tertiary alicyclic amines) is 1. The number of benzene rings is 1. The molecule has 1 N–H and O–H groups in total. The molecule has 0 radical (unpaired) electrons. The Balaban J connectivity index is 1.22. The predicted octanol–water partition coefficient (Wildman–Crippen LogP) is 4.59. The first-order chi connectivity index (χ1) is 16.0. The Hall–Kier alpha value is -2.62. The van der Waals surface area contributed by atoms with Crippen molar-refractivity contribution in [3.8, 4) is 0 Å². The Morgan fingerprint density at radius 2 is 1.94 bits per heavy atom. The van der Waals surface area contributed by atoms with E-state index in [0.717, 1.165) is 23.4 Å². The summed E-state index contributed by atoms with van der Waals surface area (Å²) >= 11 is 13.5. The van der Waals surface area contributed by atoms with Crippen LogP contribution < -0.4 is 5.32 Å². The third-order valence-electron chi connectivity index (χ3n) is 5.36. The first kappa shape index (κ1) is 23.5. The van der Waals surface area contributed by atoms with Crippen molar-refractivity contribution in [1.29, 1.82) is 0 Å². The second kappa shape index (κ2) is 11.0. The van der Waals surface area contributed by atoms with Crippen molar-refractivity contribution < 1.29 is 14.3 Å². The van der Waals surface area contributed by atoms with Crippen LogP contribution in [-0.4, -0.2) is 51.1 Å². The molecule has 3 heterocycles. The standard InChI is InChI=1S/C22H23Cl2N5O3S/c23-17-9-15(10-18(24)11-17)12-32-22(31)29-5-1-16(2-6-29)21-27-19(13-33-21)20(30)26-4-8-28-7-3-25-14-28/h3,7,9-11,13-14,16H,1-2,4-6,8,12H2,(H,26,30). The van der Waals surface area contributed by atoms with Crippen LogP contribution >= 0.6 is 34.5 Å². The number of nitrogens with one attached hydrogen (secondary N) is 1. The maximum atomic E-state index is 12.4. The normalized spacial score (nSPS) is 14.3. The van der Waals surface area contributed by atoms with Crippen LogP contribution in [0.1, 0.15) is 39.8 Å². The molecule has 4 rings (SSSR count). The van der Waals surface area contributed by atoms with Crippen molar-refractivity contribution in [1.82, 2.24) is 24.8 Å². The molecule has 1 aliphatic heterocycles. The van der Waals surface area contributed by atoms with Crippen molar-refractivity contribution in [2.45, 2.75) is 31.9 Å². The lowest BCUT2D eigenvalue weighted by Crippen LogP contribution is -2.38. The van der Waals surface area contributed by atoms with Gasteiger partial charge in [-0.1, -0.05) is 23.2 Å². The number of amides is 2. The lowest BCUT2D eigenvalue weighted by atomic mass is 9.98. The van der Waals surface area contributed by atoms with Crippen LogP contribution in [0.5, 0.6) is 0 Å². The molecule has 174 valence electrons. The fourth-order valence-corrected chi connectivity index (χ4v) is 5.17. The first-order valence-electron chi connectivity index (χ1n) is 10.5. The maximum absolute atomic E-state index is 12.4. The van der Waals surface area contributed by atoms with E-state index in [1.807, 2.05) is 10.8 Å². The van der Waals surface area contributed by atoms with Gasteiger partial charge in [0.1, 0.15) is 12.3 Å². The largest absolute Gasteiger partial charge is 0.445 e. The summed E-state index contributed by atoms with van der Waals surface area (Å²) in [7, 11) is 0. The zero-order valence-corrected chi connectivity index (χ0v) is 20.1. The number of hydrogen-bond acceptors (Lipinski definition) is 6. The van der Waals surface area contributed by atoms with E-state index in [4.69, 9.17) is 27.9 Å².